The number of aromatic nitrogens is 8. The van der Waals surface area contributed by atoms with Gasteiger partial charge in [0.2, 0.25) is 5.95 Å². The van der Waals surface area contributed by atoms with Crippen LogP contribution in [0.5, 0.6) is 0 Å². The number of hydrogen-bond acceptors (Lipinski definition) is 18. The minimum Gasteiger partial charge on any atom is -0.396 e. The Morgan fingerprint density at radius 3 is 2.24 bits per heavy atom. The Bertz CT molecular complexity index is 1950. The zero-order chi connectivity index (χ0) is 32.5. The van der Waals surface area contributed by atoms with Crippen LogP contribution in [-0.2, 0) is 36.7 Å². The van der Waals surface area contributed by atoms with E-state index in [0.29, 0.717) is 0 Å². The maximum absolute atomic E-state index is 13.3. The molecule has 3 saturated heterocycles. The number of phosphoric ester groups is 2. The van der Waals surface area contributed by atoms with Crippen molar-refractivity contribution in [3.8, 4) is 0 Å². The van der Waals surface area contributed by atoms with E-state index < -0.39 is 89.9 Å². The first-order valence-electron chi connectivity index (χ1n) is 13.4. The third-order valence-electron chi connectivity index (χ3n) is 7.71. The molecular weight excluding hydrogens is 662 g/mol. The van der Waals surface area contributed by atoms with E-state index in [0.717, 1.165) is 12.7 Å². The summed E-state index contributed by atoms with van der Waals surface area (Å²) < 4.78 is 62.0. The molecule has 0 saturated carbocycles. The number of nitrogens with two attached hydrogens (primary N) is 2. The monoisotopic (exact) mass is 688 g/mol. The third kappa shape index (κ3) is 5.39. The number of fused-ring (bicyclic) bond motifs is 5. The fourth-order valence-electron chi connectivity index (χ4n) is 5.62. The van der Waals surface area contributed by atoms with Crippen LogP contribution in [0.1, 0.15) is 12.5 Å². The highest BCUT2D eigenvalue weighted by molar-refractivity contribution is 7.47. The number of aliphatic hydroxyl groups is 2. The summed E-state index contributed by atoms with van der Waals surface area (Å²) in [4.78, 5) is 56.2. The standard InChI is InChI=1S/C21H26N10O13P2/c22-15-10-16(25-4-24-15)30(5-26-10)19-12(33)14-9(42-19)3-40-45(35,36)43-13-7(1-32)8(2-39-46(37,38)44-14)41-20(13)31-6-27-11-17(31)28-21(23)29-18(11)34/h4-9,12-14,19-20,32-33H,1-3H2,(H,35,36)(H,37,38)(H2,22,24,25)(H3,23,28,29,34). The van der Waals surface area contributed by atoms with Gasteiger partial charge in [0.25, 0.3) is 5.56 Å². The van der Waals surface area contributed by atoms with Crippen molar-refractivity contribution in [3.05, 3.63) is 29.3 Å². The van der Waals surface area contributed by atoms with E-state index in [2.05, 4.69) is 29.9 Å². The van der Waals surface area contributed by atoms with Gasteiger partial charge >= 0.3 is 15.6 Å². The van der Waals surface area contributed by atoms with Gasteiger partial charge in [-0.1, -0.05) is 0 Å². The van der Waals surface area contributed by atoms with Gasteiger partial charge in [0.1, 0.15) is 36.3 Å². The fourth-order valence-corrected chi connectivity index (χ4v) is 7.55. The van der Waals surface area contributed by atoms with E-state index in [1.807, 2.05) is 0 Å². The third-order valence-corrected chi connectivity index (χ3v) is 9.69. The minimum atomic E-state index is -5.08. The Hall–Kier alpha value is -3.44. The molecule has 46 heavy (non-hydrogen) atoms. The topological polar surface area (TPSA) is 330 Å². The van der Waals surface area contributed by atoms with Crippen molar-refractivity contribution in [3.63, 3.8) is 0 Å². The molecular formula is C21H26N10O13P2. The van der Waals surface area contributed by atoms with E-state index in [4.69, 9.17) is 39.0 Å². The van der Waals surface area contributed by atoms with Crippen molar-refractivity contribution in [2.24, 2.45) is 5.92 Å². The fraction of sp³-hybridized carbons (Fsp3) is 0.524. The average molecular weight is 688 g/mol. The first-order valence-corrected chi connectivity index (χ1v) is 16.4. The number of nitrogens with zero attached hydrogens (tertiary/aromatic N) is 7. The van der Waals surface area contributed by atoms with Crippen molar-refractivity contribution in [2.75, 3.05) is 31.3 Å². The van der Waals surface area contributed by atoms with E-state index in [1.165, 1.54) is 15.5 Å². The van der Waals surface area contributed by atoms with Crippen LogP contribution in [0.4, 0.5) is 11.8 Å². The number of rotatable bonds is 3. The number of anilines is 2. The largest absolute Gasteiger partial charge is 0.472 e. The number of nitrogen functional groups attached to an aromatic ring is 2. The van der Waals surface area contributed by atoms with Crippen molar-refractivity contribution in [1.29, 1.82) is 0 Å². The average Bonchev–Trinajstić information content (AvgIpc) is 3.75. The molecule has 10 atom stereocenters. The van der Waals surface area contributed by atoms with Crippen molar-refractivity contribution >= 4 is 49.7 Å². The Morgan fingerprint density at radius 1 is 0.891 bits per heavy atom. The summed E-state index contributed by atoms with van der Waals surface area (Å²) in [6.45, 7) is -2.26. The van der Waals surface area contributed by atoms with Crippen LogP contribution >= 0.6 is 15.6 Å². The maximum Gasteiger partial charge on any atom is 0.472 e. The van der Waals surface area contributed by atoms with Crippen LogP contribution in [0.2, 0.25) is 0 Å². The van der Waals surface area contributed by atoms with Crippen LogP contribution in [0.15, 0.2) is 23.8 Å². The molecule has 3 aliphatic heterocycles. The first kappa shape index (κ1) is 31.2. The van der Waals surface area contributed by atoms with Gasteiger partial charge in [0.05, 0.1) is 38.6 Å². The number of ether oxygens (including phenoxy) is 2. The van der Waals surface area contributed by atoms with Gasteiger partial charge in [-0.15, -0.1) is 0 Å². The summed E-state index contributed by atoms with van der Waals surface area (Å²) in [5.41, 5.74) is 10.9. The lowest BCUT2D eigenvalue weighted by Gasteiger charge is -2.26. The molecule has 3 aliphatic rings. The van der Waals surface area contributed by atoms with Gasteiger partial charge in [-0.25, -0.2) is 29.1 Å². The van der Waals surface area contributed by atoms with Crippen LogP contribution in [0, 0.1) is 5.92 Å². The predicted molar refractivity (Wildman–Crippen MR) is 148 cm³/mol. The van der Waals surface area contributed by atoms with E-state index >= 15 is 0 Å². The zero-order valence-electron chi connectivity index (χ0n) is 23.1. The minimum absolute atomic E-state index is 0.0380. The molecule has 4 aromatic heterocycles. The van der Waals surface area contributed by atoms with Crippen LogP contribution in [0.3, 0.4) is 0 Å². The summed E-state index contributed by atoms with van der Waals surface area (Å²) in [6.07, 6.45) is -6.83. The Labute approximate surface area is 255 Å². The molecule has 25 heteroatoms. The Kier molecular flexibility index (Phi) is 7.70. The van der Waals surface area contributed by atoms with Crippen molar-refractivity contribution in [1.82, 2.24) is 39.0 Å². The predicted octanol–water partition coefficient (Wildman–Crippen LogP) is -2.09. The second kappa shape index (κ2) is 11.4. The molecule has 2 bridgehead atoms. The van der Waals surface area contributed by atoms with Crippen molar-refractivity contribution in [2.45, 2.75) is 43.0 Å². The summed E-state index contributed by atoms with van der Waals surface area (Å²) in [5, 5.41) is 21.4. The summed E-state index contributed by atoms with van der Waals surface area (Å²) in [6, 6.07) is 0. The van der Waals surface area contributed by atoms with Gasteiger partial charge in [0, 0.05) is 5.92 Å². The lowest BCUT2D eigenvalue weighted by atomic mass is 9.99. The lowest BCUT2D eigenvalue weighted by Crippen LogP contribution is -2.36. The first-order chi connectivity index (χ1) is 21.9. The summed E-state index contributed by atoms with van der Waals surface area (Å²) in [7, 11) is -10.1. The molecule has 4 aromatic rings. The summed E-state index contributed by atoms with van der Waals surface area (Å²) >= 11 is 0. The summed E-state index contributed by atoms with van der Waals surface area (Å²) in [5.74, 6) is -1.39. The molecule has 0 amide bonds. The van der Waals surface area contributed by atoms with Gasteiger partial charge in [-0.3, -0.25) is 37.0 Å². The van der Waals surface area contributed by atoms with Crippen molar-refractivity contribution < 1.29 is 56.7 Å². The van der Waals surface area contributed by atoms with E-state index in [-0.39, 0.29) is 34.1 Å². The lowest BCUT2D eigenvalue weighted by molar-refractivity contribution is -0.0671. The number of H-pyrrole nitrogens is 1. The van der Waals surface area contributed by atoms with E-state index in [9.17, 15) is 33.9 Å². The van der Waals surface area contributed by atoms with Crippen LogP contribution in [-0.4, -0.2) is 109 Å². The van der Waals surface area contributed by atoms with Gasteiger partial charge in [-0.2, -0.15) is 4.98 Å². The molecule has 7 heterocycles. The highest BCUT2D eigenvalue weighted by Crippen LogP contribution is 2.54. The Balaban J connectivity index is 1.22. The highest BCUT2D eigenvalue weighted by atomic mass is 31.2. The number of nitrogens with one attached hydrogen (secondary N) is 1. The molecule has 10 unspecified atom stereocenters. The number of phosphoric acid groups is 2. The number of imidazole rings is 2. The number of aliphatic hydroxyl groups excluding tert-OH is 2. The molecule has 0 spiro atoms. The second-order valence-corrected chi connectivity index (χ2v) is 13.3. The molecule has 0 radical (unpaired) electrons. The molecule has 0 aliphatic carbocycles. The quantitative estimate of drug-likeness (QED) is 0.113. The zero-order valence-corrected chi connectivity index (χ0v) is 24.9. The molecule has 23 nitrogen and oxygen atoms in total. The van der Waals surface area contributed by atoms with Gasteiger partial charge < -0.3 is 40.9 Å². The number of aromatic amines is 1. The maximum atomic E-state index is 13.3. The second-order valence-electron chi connectivity index (χ2n) is 10.5. The SMILES string of the molecule is Nc1nc2c(ncn2C2OC3COP(=O)(O)OC4C(COP(=O)(O)OC2C3CO)OC(n2cnc3c(N)ncnc32)C4O)c(=O)[nH]1. The molecule has 0 aromatic carbocycles. The smallest absolute Gasteiger partial charge is 0.396 e. The number of hydrogen-bond donors (Lipinski definition) is 7. The normalized spacial score (nSPS) is 37.1. The van der Waals surface area contributed by atoms with Gasteiger partial charge in [-0.05, 0) is 0 Å². The molecule has 3 fully saturated rings. The molecule has 7 rings (SSSR count). The highest BCUT2D eigenvalue weighted by Gasteiger charge is 2.54. The molecule has 9 N–H and O–H groups in total. The van der Waals surface area contributed by atoms with Crippen LogP contribution in [0.25, 0.3) is 22.3 Å². The molecule has 248 valence electrons. The van der Waals surface area contributed by atoms with E-state index in [1.54, 1.807) is 0 Å². The van der Waals surface area contributed by atoms with Crippen LogP contribution < -0.4 is 17.0 Å². The van der Waals surface area contributed by atoms with Gasteiger partial charge in [0.15, 0.2) is 35.1 Å². The Morgan fingerprint density at radius 2 is 1.52 bits per heavy atom.